The maximum absolute atomic E-state index is 11.6. The average Bonchev–Trinajstić information content (AvgIpc) is 3.10. The van der Waals surface area contributed by atoms with Gasteiger partial charge in [0.2, 0.25) is 0 Å². The molecule has 1 aliphatic carbocycles. The van der Waals surface area contributed by atoms with Crippen LogP contribution in [0.1, 0.15) is 24.8 Å². The van der Waals surface area contributed by atoms with Crippen LogP contribution in [0.15, 0.2) is 24.3 Å². The summed E-state index contributed by atoms with van der Waals surface area (Å²) in [5.74, 6) is 0.0585. The Kier molecular flexibility index (Phi) is 2.91. The molecular weight excluding hydrogens is 242 g/mol. The number of benzene rings is 1. The van der Waals surface area contributed by atoms with Gasteiger partial charge >= 0.3 is 0 Å². The quantitative estimate of drug-likeness (QED) is 0.608. The monoisotopic (exact) mass is 255 g/mol. The molecule has 0 aromatic heterocycles. The molecular formula is C11H13NO4S. The zero-order valence-electron chi connectivity index (χ0n) is 9.37. The third kappa shape index (κ3) is 2.31. The summed E-state index contributed by atoms with van der Waals surface area (Å²) in [6, 6.07) is 6.23. The zero-order chi connectivity index (χ0) is 12.6. The Balaban J connectivity index is 2.22. The van der Waals surface area contributed by atoms with E-state index in [-0.39, 0.29) is 22.6 Å². The summed E-state index contributed by atoms with van der Waals surface area (Å²) in [7, 11) is -3.03. The van der Waals surface area contributed by atoms with Crippen molar-refractivity contribution in [2.45, 2.75) is 24.5 Å². The lowest BCUT2D eigenvalue weighted by molar-refractivity contribution is -0.384. The molecule has 5 nitrogen and oxygen atoms in total. The third-order valence-electron chi connectivity index (χ3n) is 3.10. The van der Waals surface area contributed by atoms with Crippen LogP contribution in [0.5, 0.6) is 0 Å². The van der Waals surface area contributed by atoms with Crippen molar-refractivity contribution >= 4 is 15.5 Å². The van der Waals surface area contributed by atoms with Crippen LogP contribution in [0, 0.1) is 10.1 Å². The molecule has 2 atom stereocenters. The minimum absolute atomic E-state index is 0.0158. The van der Waals surface area contributed by atoms with Gasteiger partial charge in [-0.1, -0.05) is 19.1 Å². The molecule has 0 amide bonds. The molecule has 1 aliphatic rings. The second-order valence-corrected chi connectivity index (χ2v) is 6.69. The number of non-ortho nitro benzene ring substituents is 1. The highest BCUT2D eigenvalue weighted by Crippen LogP contribution is 2.46. The van der Waals surface area contributed by atoms with Crippen LogP contribution in [0.4, 0.5) is 5.69 Å². The second kappa shape index (κ2) is 4.10. The fourth-order valence-corrected chi connectivity index (χ4v) is 3.59. The van der Waals surface area contributed by atoms with Crippen molar-refractivity contribution in [3.63, 3.8) is 0 Å². The van der Waals surface area contributed by atoms with Crippen molar-refractivity contribution in [3.05, 3.63) is 39.9 Å². The van der Waals surface area contributed by atoms with Gasteiger partial charge in [-0.3, -0.25) is 10.1 Å². The van der Waals surface area contributed by atoms with Crippen LogP contribution in [0.2, 0.25) is 0 Å². The number of sulfone groups is 1. The minimum Gasteiger partial charge on any atom is -0.258 e. The second-order valence-electron chi connectivity index (χ2n) is 4.18. The Bertz CT molecular complexity index is 552. The van der Waals surface area contributed by atoms with Gasteiger partial charge in [0.05, 0.1) is 10.2 Å². The largest absolute Gasteiger partial charge is 0.269 e. The molecule has 17 heavy (non-hydrogen) atoms. The van der Waals surface area contributed by atoms with Crippen LogP contribution in [-0.2, 0) is 9.84 Å². The van der Waals surface area contributed by atoms with E-state index in [0.717, 1.165) is 5.56 Å². The van der Waals surface area contributed by atoms with Crippen LogP contribution >= 0.6 is 0 Å². The molecule has 1 fully saturated rings. The number of rotatable bonds is 4. The Morgan fingerprint density at radius 2 is 2.18 bits per heavy atom. The van der Waals surface area contributed by atoms with Gasteiger partial charge in [-0.25, -0.2) is 8.42 Å². The van der Waals surface area contributed by atoms with E-state index in [0.29, 0.717) is 6.42 Å². The van der Waals surface area contributed by atoms with Crippen molar-refractivity contribution in [2.24, 2.45) is 0 Å². The Labute approximate surface area is 99.5 Å². The molecule has 0 bridgehead atoms. The lowest BCUT2D eigenvalue weighted by Crippen LogP contribution is -2.10. The Morgan fingerprint density at radius 1 is 1.47 bits per heavy atom. The Hall–Kier alpha value is -1.43. The van der Waals surface area contributed by atoms with E-state index in [1.807, 2.05) is 0 Å². The molecule has 0 saturated heterocycles. The van der Waals surface area contributed by atoms with E-state index in [1.54, 1.807) is 19.1 Å². The van der Waals surface area contributed by atoms with Crippen molar-refractivity contribution in [1.82, 2.24) is 0 Å². The molecule has 6 heteroatoms. The van der Waals surface area contributed by atoms with Crippen molar-refractivity contribution in [2.75, 3.05) is 5.75 Å². The number of nitro benzene ring substituents is 1. The molecule has 0 radical (unpaired) electrons. The molecule has 0 heterocycles. The fraction of sp³-hybridized carbons (Fsp3) is 0.455. The predicted molar refractivity (Wildman–Crippen MR) is 63.7 cm³/mol. The van der Waals surface area contributed by atoms with Gasteiger partial charge in [0.1, 0.15) is 0 Å². The minimum atomic E-state index is -3.03. The van der Waals surface area contributed by atoms with E-state index >= 15 is 0 Å². The van der Waals surface area contributed by atoms with Gasteiger partial charge in [-0.2, -0.15) is 0 Å². The van der Waals surface area contributed by atoms with E-state index in [1.165, 1.54) is 12.1 Å². The van der Waals surface area contributed by atoms with Gasteiger partial charge in [-0.15, -0.1) is 0 Å². The van der Waals surface area contributed by atoms with Gasteiger partial charge in [0.15, 0.2) is 9.84 Å². The SMILES string of the molecule is CCS(=O)(=O)[C@H]1C[C@H]1c1cccc([N+](=O)[O-])c1. The van der Waals surface area contributed by atoms with Gasteiger partial charge < -0.3 is 0 Å². The first-order chi connectivity index (χ1) is 7.95. The highest BCUT2D eigenvalue weighted by Gasteiger charge is 2.47. The number of nitro groups is 1. The van der Waals surface area contributed by atoms with Crippen molar-refractivity contribution < 1.29 is 13.3 Å². The van der Waals surface area contributed by atoms with Crippen molar-refractivity contribution in [3.8, 4) is 0 Å². The zero-order valence-corrected chi connectivity index (χ0v) is 10.2. The first-order valence-corrected chi connectivity index (χ1v) is 7.13. The summed E-state index contributed by atoms with van der Waals surface area (Å²) in [6.07, 6.45) is 0.581. The smallest absolute Gasteiger partial charge is 0.258 e. The molecule has 1 saturated carbocycles. The standard InChI is InChI=1S/C11H13NO4S/c1-2-17(15,16)11-7-10(11)8-4-3-5-9(6-8)12(13)14/h3-6,10-11H,2,7H2,1H3/t10-,11-/m0/s1. The summed E-state index contributed by atoms with van der Waals surface area (Å²) in [5, 5.41) is 10.3. The normalized spacial score (nSPS) is 23.4. The molecule has 1 aromatic carbocycles. The topological polar surface area (TPSA) is 77.3 Å². The fourth-order valence-electron chi connectivity index (χ4n) is 2.00. The summed E-state index contributed by atoms with van der Waals surface area (Å²) in [5.41, 5.74) is 0.767. The molecule has 0 N–H and O–H groups in total. The van der Waals surface area contributed by atoms with Crippen LogP contribution < -0.4 is 0 Å². The maximum atomic E-state index is 11.6. The lowest BCUT2D eigenvalue weighted by atomic mass is 10.1. The van der Waals surface area contributed by atoms with E-state index in [2.05, 4.69) is 0 Å². The summed E-state index contributed by atoms with van der Waals surface area (Å²) in [6.45, 7) is 1.62. The van der Waals surface area contributed by atoms with Crippen LogP contribution in [-0.4, -0.2) is 24.3 Å². The molecule has 0 unspecified atom stereocenters. The highest BCUT2D eigenvalue weighted by molar-refractivity contribution is 7.92. The van der Waals surface area contributed by atoms with Gasteiger partial charge in [0, 0.05) is 23.8 Å². The van der Waals surface area contributed by atoms with Crippen LogP contribution in [0.25, 0.3) is 0 Å². The maximum Gasteiger partial charge on any atom is 0.269 e. The molecule has 2 rings (SSSR count). The number of hydrogen-bond donors (Lipinski definition) is 0. The molecule has 0 spiro atoms. The Morgan fingerprint density at radius 3 is 2.76 bits per heavy atom. The summed E-state index contributed by atoms with van der Waals surface area (Å²) < 4.78 is 23.3. The first-order valence-electron chi connectivity index (χ1n) is 5.41. The highest BCUT2D eigenvalue weighted by atomic mass is 32.2. The summed E-state index contributed by atoms with van der Waals surface area (Å²) in [4.78, 5) is 10.2. The average molecular weight is 255 g/mol. The number of hydrogen-bond acceptors (Lipinski definition) is 4. The predicted octanol–water partition coefficient (Wildman–Crippen LogP) is 1.89. The third-order valence-corrected chi connectivity index (χ3v) is 5.35. The number of nitrogens with zero attached hydrogens (tertiary/aromatic N) is 1. The van der Waals surface area contributed by atoms with E-state index in [4.69, 9.17) is 0 Å². The van der Waals surface area contributed by atoms with Gasteiger partial charge in [0.25, 0.3) is 5.69 Å². The van der Waals surface area contributed by atoms with E-state index < -0.39 is 14.8 Å². The van der Waals surface area contributed by atoms with Gasteiger partial charge in [-0.05, 0) is 12.0 Å². The molecule has 92 valence electrons. The van der Waals surface area contributed by atoms with E-state index in [9.17, 15) is 18.5 Å². The first kappa shape index (κ1) is 12.0. The summed E-state index contributed by atoms with van der Waals surface area (Å²) >= 11 is 0. The lowest BCUT2D eigenvalue weighted by Gasteiger charge is -2.01. The molecule has 1 aromatic rings. The van der Waals surface area contributed by atoms with Crippen LogP contribution in [0.3, 0.4) is 0 Å². The molecule has 0 aliphatic heterocycles. The van der Waals surface area contributed by atoms with Crippen molar-refractivity contribution in [1.29, 1.82) is 0 Å².